The Kier molecular flexibility index (Phi) is 4.52. The SMILES string of the molecule is COc1cc([N+](=O)[O-])ccc1C(=O)N(C)C(C)(C)C(=O)O. The summed E-state index contributed by atoms with van der Waals surface area (Å²) in [5.74, 6) is -1.75. The monoisotopic (exact) mass is 296 g/mol. The topological polar surface area (TPSA) is 110 Å². The molecule has 0 atom stereocenters. The number of carboxylic acids is 1. The Bertz CT molecular complexity index is 596. The van der Waals surface area contributed by atoms with Crippen LogP contribution in [0.3, 0.4) is 0 Å². The number of nitro groups is 1. The van der Waals surface area contributed by atoms with Crippen molar-refractivity contribution in [2.75, 3.05) is 14.2 Å². The Balaban J connectivity index is 3.25. The number of hydrogen-bond donors (Lipinski definition) is 1. The highest BCUT2D eigenvalue weighted by Crippen LogP contribution is 2.27. The molecule has 1 aromatic rings. The zero-order chi connectivity index (χ0) is 16.4. The van der Waals surface area contributed by atoms with Gasteiger partial charge >= 0.3 is 5.97 Å². The number of non-ortho nitro benzene ring substituents is 1. The summed E-state index contributed by atoms with van der Waals surface area (Å²) in [6.07, 6.45) is 0. The molecule has 0 bridgehead atoms. The number of ether oxygens (including phenoxy) is 1. The van der Waals surface area contributed by atoms with Crippen LogP contribution >= 0.6 is 0 Å². The second kappa shape index (κ2) is 5.78. The number of aliphatic carboxylic acids is 1. The zero-order valence-electron chi connectivity index (χ0n) is 12.1. The first kappa shape index (κ1) is 16.4. The van der Waals surface area contributed by atoms with Crippen LogP contribution in [0.2, 0.25) is 0 Å². The Labute approximate surface area is 121 Å². The fraction of sp³-hybridized carbons (Fsp3) is 0.385. The van der Waals surface area contributed by atoms with E-state index < -0.39 is 22.3 Å². The van der Waals surface area contributed by atoms with Crippen LogP contribution in [0.5, 0.6) is 5.75 Å². The summed E-state index contributed by atoms with van der Waals surface area (Å²) < 4.78 is 4.98. The average molecular weight is 296 g/mol. The number of nitro benzene ring substituents is 1. The van der Waals surface area contributed by atoms with Crippen molar-refractivity contribution in [2.45, 2.75) is 19.4 Å². The maximum atomic E-state index is 12.4. The number of likely N-dealkylation sites (N-methyl/N-ethyl adjacent to an activating group) is 1. The third-order valence-corrected chi connectivity index (χ3v) is 3.29. The van der Waals surface area contributed by atoms with Crippen molar-refractivity contribution in [2.24, 2.45) is 0 Å². The molecule has 0 spiro atoms. The summed E-state index contributed by atoms with van der Waals surface area (Å²) in [7, 11) is 2.62. The summed E-state index contributed by atoms with van der Waals surface area (Å²) in [6.45, 7) is 2.76. The molecule has 8 nitrogen and oxygen atoms in total. The van der Waals surface area contributed by atoms with E-state index >= 15 is 0 Å². The highest BCUT2D eigenvalue weighted by molar-refractivity contribution is 5.99. The summed E-state index contributed by atoms with van der Waals surface area (Å²) in [4.78, 5) is 34.7. The van der Waals surface area contributed by atoms with Gasteiger partial charge in [0.15, 0.2) is 0 Å². The minimum absolute atomic E-state index is 0.0160. The standard InChI is InChI=1S/C13H16N2O6/c1-13(2,12(17)18)14(3)11(16)9-6-5-8(15(19)20)7-10(9)21-4/h5-7H,1-4H3,(H,17,18). The quantitative estimate of drug-likeness (QED) is 0.651. The van der Waals surface area contributed by atoms with Crippen molar-refractivity contribution < 1.29 is 24.4 Å². The fourth-order valence-electron chi connectivity index (χ4n) is 1.55. The van der Waals surface area contributed by atoms with Gasteiger partial charge in [0.25, 0.3) is 11.6 Å². The lowest BCUT2D eigenvalue weighted by atomic mass is 10.0. The highest BCUT2D eigenvalue weighted by atomic mass is 16.6. The lowest BCUT2D eigenvalue weighted by molar-refractivity contribution is -0.384. The van der Waals surface area contributed by atoms with Crippen LogP contribution in [-0.2, 0) is 4.79 Å². The smallest absolute Gasteiger partial charge is 0.329 e. The van der Waals surface area contributed by atoms with Gasteiger partial charge in [-0.3, -0.25) is 14.9 Å². The first-order valence-electron chi connectivity index (χ1n) is 5.97. The van der Waals surface area contributed by atoms with E-state index in [1.165, 1.54) is 34.1 Å². The van der Waals surface area contributed by atoms with Gasteiger partial charge in [0.05, 0.1) is 23.7 Å². The third kappa shape index (κ3) is 3.10. The Morgan fingerprint density at radius 3 is 2.38 bits per heavy atom. The molecule has 1 amide bonds. The Hall–Kier alpha value is -2.64. The number of amides is 1. The van der Waals surface area contributed by atoms with Crippen LogP contribution in [0.15, 0.2) is 18.2 Å². The van der Waals surface area contributed by atoms with E-state index in [0.717, 1.165) is 17.0 Å². The third-order valence-electron chi connectivity index (χ3n) is 3.29. The average Bonchev–Trinajstić information content (AvgIpc) is 2.44. The summed E-state index contributed by atoms with van der Waals surface area (Å²) in [5.41, 5.74) is -1.59. The summed E-state index contributed by atoms with van der Waals surface area (Å²) in [5, 5.41) is 19.8. The van der Waals surface area contributed by atoms with Gasteiger partial charge in [-0.1, -0.05) is 0 Å². The minimum Gasteiger partial charge on any atom is -0.496 e. The Morgan fingerprint density at radius 1 is 1.38 bits per heavy atom. The number of rotatable bonds is 5. The van der Waals surface area contributed by atoms with Crippen LogP contribution in [0, 0.1) is 10.1 Å². The normalized spacial score (nSPS) is 10.9. The molecular formula is C13H16N2O6. The molecule has 1 aromatic carbocycles. The van der Waals surface area contributed by atoms with E-state index in [-0.39, 0.29) is 17.0 Å². The van der Waals surface area contributed by atoms with Crippen molar-refractivity contribution in [3.05, 3.63) is 33.9 Å². The van der Waals surface area contributed by atoms with E-state index in [0.29, 0.717) is 0 Å². The van der Waals surface area contributed by atoms with Gasteiger partial charge in [0.2, 0.25) is 0 Å². The zero-order valence-corrected chi connectivity index (χ0v) is 12.1. The van der Waals surface area contributed by atoms with Crippen LogP contribution in [0.4, 0.5) is 5.69 Å². The van der Waals surface area contributed by atoms with E-state index in [1.54, 1.807) is 0 Å². The van der Waals surface area contributed by atoms with Crippen molar-refractivity contribution in [3.63, 3.8) is 0 Å². The van der Waals surface area contributed by atoms with Crippen LogP contribution < -0.4 is 4.74 Å². The van der Waals surface area contributed by atoms with Gasteiger partial charge in [-0.05, 0) is 19.9 Å². The molecule has 1 rings (SSSR count). The van der Waals surface area contributed by atoms with E-state index in [1.807, 2.05) is 0 Å². The van der Waals surface area contributed by atoms with E-state index in [9.17, 15) is 19.7 Å². The van der Waals surface area contributed by atoms with Crippen LogP contribution in [0.1, 0.15) is 24.2 Å². The molecule has 0 heterocycles. The van der Waals surface area contributed by atoms with Gasteiger partial charge in [-0.25, -0.2) is 4.79 Å². The number of benzene rings is 1. The number of carbonyl (C=O) groups is 2. The first-order chi connectivity index (χ1) is 9.62. The van der Waals surface area contributed by atoms with E-state index in [4.69, 9.17) is 9.84 Å². The summed E-state index contributed by atoms with van der Waals surface area (Å²) >= 11 is 0. The number of hydrogen-bond acceptors (Lipinski definition) is 5. The lowest BCUT2D eigenvalue weighted by Gasteiger charge is -2.31. The van der Waals surface area contributed by atoms with Gasteiger partial charge in [0.1, 0.15) is 11.3 Å². The minimum atomic E-state index is -1.43. The fourth-order valence-corrected chi connectivity index (χ4v) is 1.55. The van der Waals surface area contributed by atoms with Gasteiger partial charge in [0, 0.05) is 13.1 Å². The van der Waals surface area contributed by atoms with Crippen molar-refractivity contribution >= 4 is 17.6 Å². The molecule has 0 aliphatic rings. The van der Waals surface area contributed by atoms with E-state index in [2.05, 4.69) is 0 Å². The first-order valence-corrected chi connectivity index (χ1v) is 5.97. The Morgan fingerprint density at radius 2 is 1.95 bits per heavy atom. The number of carboxylic acid groups (broad SMARTS) is 1. The molecular weight excluding hydrogens is 280 g/mol. The lowest BCUT2D eigenvalue weighted by Crippen LogP contribution is -2.50. The van der Waals surface area contributed by atoms with Gasteiger partial charge in [-0.2, -0.15) is 0 Å². The van der Waals surface area contributed by atoms with Gasteiger partial charge in [-0.15, -0.1) is 0 Å². The molecule has 0 saturated carbocycles. The molecule has 0 unspecified atom stereocenters. The second-order valence-corrected chi connectivity index (χ2v) is 4.87. The highest BCUT2D eigenvalue weighted by Gasteiger charge is 2.36. The van der Waals surface area contributed by atoms with Crippen molar-refractivity contribution in [1.82, 2.24) is 4.90 Å². The molecule has 0 radical (unpaired) electrons. The largest absolute Gasteiger partial charge is 0.496 e. The molecule has 1 N–H and O–H groups in total. The van der Waals surface area contributed by atoms with Crippen LogP contribution in [-0.4, -0.2) is 46.5 Å². The molecule has 0 aromatic heterocycles. The maximum absolute atomic E-state index is 12.4. The summed E-state index contributed by atoms with van der Waals surface area (Å²) in [6, 6.07) is 3.53. The maximum Gasteiger partial charge on any atom is 0.329 e. The molecule has 8 heteroatoms. The van der Waals surface area contributed by atoms with Crippen molar-refractivity contribution in [3.8, 4) is 5.75 Å². The number of methoxy groups -OCH3 is 1. The van der Waals surface area contributed by atoms with Crippen molar-refractivity contribution in [1.29, 1.82) is 0 Å². The van der Waals surface area contributed by atoms with Gasteiger partial charge < -0.3 is 14.7 Å². The molecule has 114 valence electrons. The molecule has 0 aliphatic carbocycles. The predicted molar refractivity (Wildman–Crippen MR) is 73.5 cm³/mol. The number of carbonyl (C=O) groups excluding carboxylic acids is 1. The second-order valence-electron chi connectivity index (χ2n) is 4.87. The number of nitrogens with zero attached hydrogens (tertiary/aromatic N) is 2. The molecule has 0 saturated heterocycles. The van der Waals surface area contributed by atoms with Crippen LogP contribution in [0.25, 0.3) is 0 Å². The molecule has 0 fully saturated rings. The predicted octanol–water partition coefficient (Wildman–Crippen LogP) is 1.54. The molecule has 0 aliphatic heterocycles. The molecule has 21 heavy (non-hydrogen) atoms.